The molecule has 0 radical (unpaired) electrons. The van der Waals surface area contributed by atoms with Crippen molar-refractivity contribution in [2.75, 3.05) is 19.5 Å². The van der Waals surface area contributed by atoms with Gasteiger partial charge in [-0.25, -0.2) is 4.98 Å². The van der Waals surface area contributed by atoms with Crippen LogP contribution in [0.5, 0.6) is 17.4 Å². The summed E-state index contributed by atoms with van der Waals surface area (Å²) in [5, 5.41) is 10.6. The van der Waals surface area contributed by atoms with E-state index in [0.29, 0.717) is 51.2 Å². The van der Waals surface area contributed by atoms with E-state index in [1.165, 1.54) is 7.11 Å². The number of fused-ring (bicyclic) bond motifs is 1. The van der Waals surface area contributed by atoms with E-state index in [1.807, 2.05) is 6.07 Å². The average molecular weight is 368 g/mol. The van der Waals surface area contributed by atoms with Crippen molar-refractivity contribution in [2.24, 2.45) is 0 Å². The maximum Gasteiger partial charge on any atom is 0.217 e. The molecule has 130 valence electrons. The Kier molecular flexibility index (Phi) is 4.03. The molecule has 1 aromatic heterocycles. The fourth-order valence-electron chi connectivity index (χ4n) is 2.73. The van der Waals surface area contributed by atoms with E-state index in [9.17, 15) is 5.26 Å². The van der Waals surface area contributed by atoms with Gasteiger partial charge in [0.2, 0.25) is 5.88 Å². The number of methoxy groups -OCH3 is 1. The molecule has 26 heavy (non-hydrogen) atoms. The molecule has 2 aromatic carbocycles. The molecule has 6 nitrogen and oxygen atoms in total. The lowest BCUT2D eigenvalue weighted by Crippen LogP contribution is -1.96. The van der Waals surface area contributed by atoms with Crippen LogP contribution < -0.4 is 15.2 Å². The first-order valence-corrected chi connectivity index (χ1v) is 8.24. The number of benzene rings is 2. The van der Waals surface area contributed by atoms with Gasteiger partial charge in [-0.3, -0.25) is 0 Å². The predicted molar refractivity (Wildman–Crippen MR) is 97.6 cm³/mol. The average Bonchev–Trinajstić information content (AvgIpc) is 3.48. The molecule has 1 aliphatic rings. The molecule has 0 amide bonds. The van der Waals surface area contributed by atoms with Crippen molar-refractivity contribution in [1.29, 1.82) is 5.26 Å². The smallest absolute Gasteiger partial charge is 0.217 e. The first-order chi connectivity index (χ1) is 12.6. The lowest BCUT2D eigenvalue weighted by molar-refractivity contribution is 0.395. The van der Waals surface area contributed by atoms with Crippen LogP contribution in [-0.4, -0.2) is 18.7 Å². The van der Waals surface area contributed by atoms with Crippen molar-refractivity contribution in [2.45, 2.75) is 6.10 Å². The highest BCUT2D eigenvalue weighted by Gasteiger charge is 2.28. The molecule has 0 saturated carbocycles. The lowest BCUT2D eigenvalue weighted by Gasteiger charge is -2.13. The fourth-order valence-corrected chi connectivity index (χ4v) is 2.84. The number of rotatable bonds is 4. The van der Waals surface area contributed by atoms with E-state index in [0.717, 1.165) is 5.56 Å². The molecule has 0 aliphatic carbocycles. The van der Waals surface area contributed by atoms with Gasteiger partial charge in [-0.15, -0.1) is 0 Å². The number of hydrogen-bond acceptors (Lipinski definition) is 6. The Bertz CT molecular complexity index is 1060. The zero-order valence-electron chi connectivity index (χ0n) is 13.8. The predicted octanol–water partition coefficient (Wildman–Crippen LogP) is 4.21. The first kappa shape index (κ1) is 16.5. The summed E-state index contributed by atoms with van der Waals surface area (Å²) in [5.41, 5.74) is 8.27. The van der Waals surface area contributed by atoms with Crippen molar-refractivity contribution in [3.05, 3.63) is 52.5 Å². The number of nitrogens with zero attached hydrogens (tertiary/aromatic N) is 2. The molecule has 0 unspecified atom stereocenters. The van der Waals surface area contributed by atoms with Gasteiger partial charge < -0.3 is 19.9 Å². The molecule has 2 N–H and O–H groups in total. The maximum atomic E-state index is 9.48. The normalized spacial score (nSPS) is 15.5. The van der Waals surface area contributed by atoms with E-state index in [2.05, 4.69) is 11.1 Å². The number of nitriles is 1. The molecule has 1 fully saturated rings. The summed E-state index contributed by atoms with van der Waals surface area (Å²) in [7, 11) is 1.53. The topological polar surface area (TPSA) is 93.7 Å². The van der Waals surface area contributed by atoms with E-state index < -0.39 is 0 Å². The summed E-state index contributed by atoms with van der Waals surface area (Å²) < 4.78 is 16.6. The monoisotopic (exact) mass is 367 g/mol. The second-order valence-electron chi connectivity index (χ2n) is 5.84. The highest BCUT2D eigenvalue weighted by molar-refractivity contribution is 6.33. The third kappa shape index (κ3) is 2.99. The van der Waals surface area contributed by atoms with Crippen LogP contribution in [-0.2, 0) is 4.74 Å². The Labute approximate surface area is 154 Å². The number of pyridine rings is 1. The summed E-state index contributed by atoms with van der Waals surface area (Å²) >= 11 is 5.96. The Morgan fingerprint density at radius 3 is 2.77 bits per heavy atom. The van der Waals surface area contributed by atoms with Crippen LogP contribution in [0.4, 0.5) is 5.69 Å². The number of halogens is 1. The molecular weight excluding hydrogens is 354 g/mol. The number of anilines is 1. The van der Waals surface area contributed by atoms with Crippen molar-refractivity contribution < 1.29 is 14.2 Å². The zero-order chi connectivity index (χ0) is 18.3. The van der Waals surface area contributed by atoms with Crippen LogP contribution in [0.2, 0.25) is 5.02 Å². The van der Waals surface area contributed by atoms with Crippen LogP contribution in [0.15, 0.2) is 36.4 Å². The van der Waals surface area contributed by atoms with E-state index in [-0.39, 0.29) is 6.10 Å². The minimum atomic E-state index is -0.0533. The zero-order valence-corrected chi connectivity index (χ0v) is 14.6. The van der Waals surface area contributed by atoms with E-state index >= 15 is 0 Å². The fraction of sp³-hybridized carbons (Fsp3) is 0.158. The van der Waals surface area contributed by atoms with E-state index in [1.54, 1.807) is 30.3 Å². The largest absolute Gasteiger partial charge is 0.481 e. The van der Waals surface area contributed by atoms with Crippen LogP contribution in [0, 0.1) is 11.3 Å². The van der Waals surface area contributed by atoms with Gasteiger partial charge in [0.15, 0.2) is 0 Å². The number of nitrogen functional groups attached to an aromatic ring is 1. The molecule has 1 saturated heterocycles. The van der Waals surface area contributed by atoms with Gasteiger partial charge in [0, 0.05) is 23.1 Å². The third-order valence-corrected chi connectivity index (χ3v) is 4.47. The molecule has 7 heteroatoms. The van der Waals surface area contributed by atoms with Crippen LogP contribution in [0.25, 0.3) is 10.9 Å². The third-order valence-electron chi connectivity index (χ3n) is 4.12. The number of hydrogen-bond donors (Lipinski definition) is 1. The maximum absolute atomic E-state index is 9.48. The molecule has 4 rings (SSSR count). The highest BCUT2D eigenvalue weighted by atomic mass is 35.5. The number of aromatic nitrogens is 1. The molecule has 0 bridgehead atoms. The number of epoxide rings is 1. The number of nitrogens with two attached hydrogens (primary N) is 1. The molecular formula is C19H14ClN3O3. The summed E-state index contributed by atoms with van der Waals surface area (Å²) in [6.45, 7) is 0.609. The summed E-state index contributed by atoms with van der Waals surface area (Å²) in [6.07, 6.45) is -0.0533. The molecule has 3 aromatic rings. The second-order valence-corrected chi connectivity index (χ2v) is 6.25. The van der Waals surface area contributed by atoms with Crippen molar-refractivity contribution >= 4 is 28.2 Å². The summed E-state index contributed by atoms with van der Waals surface area (Å²) in [5.74, 6) is 1.43. The van der Waals surface area contributed by atoms with Gasteiger partial charge in [0.1, 0.15) is 17.6 Å². The van der Waals surface area contributed by atoms with E-state index in [4.69, 9.17) is 31.5 Å². The summed E-state index contributed by atoms with van der Waals surface area (Å²) in [6, 6.07) is 12.5. The second kappa shape index (κ2) is 6.37. The molecule has 1 atom stereocenters. The molecule has 1 aliphatic heterocycles. The Morgan fingerprint density at radius 1 is 1.31 bits per heavy atom. The summed E-state index contributed by atoms with van der Waals surface area (Å²) in [4.78, 5) is 4.46. The van der Waals surface area contributed by atoms with Gasteiger partial charge in [-0.05, 0) is 24.3 Å². The van der Waals surface area contributed by atoms with Gasteiger partial charge in [0.25, 0.3) is 0 Å². The SMILES string of the molecule is COc1cc(Oc2ccc(Cl)c(N)c2)c2cc(C#N)c([C@@H]3CO3)cc2n1. The van der Waals surface area contributed by atoms with Crippen molar-refractivity contribution in [3.63, 3.8) is 0 Å². The first-order valence-electron chi connectivity index (χ1n) is 7.86. The van der Waals surface area contributed by atoms with Gasteiger partial charge in [-0.2, -0.15) is 5.26 Å². The quantitative estimate of drug-likeness (QED) is 0.548. The van der Waals surface area contributed by atoms with Gasteiger partial charge in [0.05, 0.1) is 41.6 Å². The standard InChI is InChI=1S/C19H14ClN3O3/c1-24-19-7-17(26-11-2-3-14(20)15(22)5-11)13-4-10(8-21)12(18-9-25-18)6-16(13)23-19/h2-7,18H,9,22H2,1H3/t18-/m0/s1. The Hall–Kier alpha value is -3.01. The molecule has 0 spiro atoms. The van der Waals surface area contributed by atoms with Crippen molar-refractivity contribution in [3.8, 4) is 23.4 Å². The highest BCUT2D eigenvalue weighted by Crippen LogP contribution is 2.39. The minimum absolute atomic E-state index is 0.0533. The Balaban J connectivity index is 1.86. The van der Waals surface area contributed by atoms with Crippen LogP contribution >= 0.6 is 11.6 Å². The molecule has 2 heterocycles. The van der Waals surface area contributed by atoms with Crippen LogP contribution in [0.1, 0.15) is 17.2 Å². The van der Waals surface area contributed by atoms with Gasteiger partial charge >= 0.3 is 0 Å². The van der Waals surface area contributed by atoms with Crippen molar-refractivity contribution in [1.82, 2.24) is 4.98 Å². The van der Waals surface area contributed by atoms with Gasteiger partial charge in [-0.1, -0.05) is 11.6 Å². The minimum Gasteiger partial charge on any atom is -0.481 e. The number of ether oxygens (including phenoxy) is 3. The van der Waals surface area contributed by atoms with Crippen LogP contribution in [0.3, 0.4) is 0 Å². The Morgan fingerprint density at radius 2 is 2.12 bits per heavy atom. The lowest BCUT2D eigenvalue weighted by atomic mass is 10.0.